The van der Waals surface area contributed by atoms with Crippen LogP contribution >= 0.6 is 0 Å². The zero-order valence-electron chi connectivity index (χ0n) is 9.53. The molecule has 0 fully saturated rings. The number of hydrogen-bond donors (Lipinski definition) is 2. The topological polar surface area (TPSA) is 45.1 Å². The Morgan fingerprint density at radius 1 is 1.40 bits per heavy atom. The predicted octanol–water partition coefficient (Wildman–Crippen LogP) is 1.72. The van der Waals surface area contributed by atoms with Crippen LogP contribution in [-0.4, -0.2) is 22.2 Å². The number of hydrogen-bond acceptors (Lipinski definition) is 3. The van der Waals surface area contributed by atoms with Crippen molar-refractivity contribution in [3.8, 4) is 0 Å². The van der Waals surface area contributed by atoms with Gasteiger partial charge in [0.1, 0.15) is 0 Å². The number of aliphatic hydroxyl groups is 1. The minimum Gasteiger partial charge on any atom is -0.394 e. The molecule has 2 N–H and O–H groups in total. The van der Waals surface area contributed by atoms with E-state index in [1.54, 1.807) is 12.4 Å². The lowest BCUT2D eigenvalue weighted by Crippen LogP contribution is -2.45. The maximum atomic E-state index is 9.32. The van der Waals surface area contributed by atoms with Gasteiger partial charge in [0.05, 0.1) is 6.61 Å². The van der Waals surface area contributed by atoms with Crippen molar-refractivity contribution in [1.29, 1.82) is 0 Å². The molecule has 0 saturated carbocycles. The van der Waals surface area contributed by atoms with E-state index in [0.29, 0.717) is 0 Å². The van der Waals surface area contributed by atoms with E-state index in [-0.39, 0.29) is 12.1 Å². The summed E-state index contributed by atoms with van der Waals surface area (Å²) in [5.74, 6) is 0. The molecule has 1 aromatic heterocycles. The molecule has 0 radical (unpaired) electrons. The number of aromatic nitrogens is 1. The van der Waals surface area contributed by atoms with E-state index in [1.807, 2.05) is 12.1 Å². The molecule has 0 aliphatic rings. The first kappa shape index (κ1) is 12.1. The fourth-order valence-electron chi connectivity index (χ4n) is 1.59. The fraction of sp³-hybridized carbons (Fsp3) is 0.583. The molecule has 0 amide bonds. The molecule has 1 heterocycles. The summed E-state index contributed by atoms with van der Waals surface area (Å²) in [7, 11) is 0. The average Bonchev–Trinajstić information content (AvgIpc) is 2.28. The fourth-order valence-corrected chi connectivity index (χ4v) is 1.59. The molecule has 0 spiro atoms. The minimum atomic E-state index is -0.169. The standard InChI is InChI=1S/C12H20N2O/c1-3-6-12(2,10-15)14-9-11-4-7-13-8-5-11/h4-5,7-8,14-15H,3,6,9-10H2,1-2H3. The minimum absolute atomic E-state index is 0.169. The first-order valence-electron chi connectivity index (χ1n) is 5.45. The molecule has 3 nitrogen and oxygen atoms in total. The lowest BCUT2D eigenvalue weighted by Gasteiger charge is -2.28. The summed E-state index contributed by atoms with van der Waals surface area (Å²) < 4.78 is 0. The van der Waals surface area contributed by atoms with Crippen molar-refractivity contribution >= 4 is 0 Å². The number of aliphatic hydroxyl groups excluding tert-OH is 1. The number of rotatable bonds is 6. The van der Waals surface area contributed by atoms with Crippen molar-refractivity contribution in [2.24, 2.45) is 0 Å². The quantitative estimate of drug-likeness (QED) is 0.748. The smallest absolute Gasteiger partial charge is 0.0610 e. The Labute approximate surface area is 91.5 Å². The van der Waals surface area contributed by atoms with Crippen molar-refractivity contribution in [2.45, 2.75) is 38.8 Å². The Hall–Kier alpha value is -0.930. The molecule has 1 unspecified atom stereocenters. The third-order valence-electron chi connectivity index (χ3n) is 2.62. The Balaban J connectivity index is 2.47. The summed E-state index contributed by atoms with van der Waals surface area (Å²) in [5.41, 5.74) is 1.03. The molecule has 0 aromatic carbocycles. The second kappa shape index (κ2) is 5.83. The van der Waals surface area contributed by atoms with Gasteiger partial charge in [-0.1, -0.05) is 13.3 Å². The van der Waals surface area contributed by atoms with Crippen molar-refractivity contribution in [1.82, 2.24) is 10.3 Å². The van der Waals surface area contributed by atoms with Crippen LogP contribution in [0.3, 0.4) is 0 Å². The van der Waals surface area contributed by atoms with Crippen LogP contribution in [0.1, 0.15) is 32.3 Å². The highest BCUT2D eigenvalue weighted by molar-refractivity contribution is 5.09. The van der Waals surface area contributed by atoms with Gasteiger partial charge in [-0.3, -0.25) is 4.98 Å². The first-order valence-corrected chi connectivity index (χ1v) is 5.45. The van der Waals surface area contributed by atoms with Crippen LogP contribution in [-0.2, 0) is 6.54 Å². The lowest BCUT2D eigenvalue weighted by atomic mass is 9.97. The van der Waals surface area contributed by atoms with E-state index in [9.17, 15) is 5.11 Å². The first-order chi connectivity index (χ1) is 7.20. The van der Waals surface area contributed by atoms with Gasteiger partial charge >= 0.3 is 0 Å². The molecule has 0 saturated heterocycles. The van der Waals surface area contributed by atoms with Crippen molar-refractivity contribution in [3.05, 3.63) is 30.1 Å². The molecule has 0 aliphatic carbocycles. The van der Waals surface area contributed by atoms with Gasteiger partial charge in [-0.2, -0.15) is 0 Å². The maximum Gasteiger partial charge on any atom is 0.0610 e. The van der Waals surface area contributed by atoms with Gasteiger partial charge < -0.3 is 10.4 Å². The third kappa shape index (κ3) is 3.98. The molecule has 84 valence electrons. The summed E-state index contributed by atoms with van der Waals surface area (Å²) in [6.07, 6.45) is 5.62. The number of nitrogens with zero attached hydrogens (tertiary/aromatic N) is 1. The summed E-state index contributed by atoms with van der Waals surface area (Å²) in [6.45, 7) is 5.13. The Kier molecular flexibility index (Phi) is 4.72. The number of pyridine rings is 1. The van der Waals surface area contributed by atoms with E-state index in [2.05, 4.69) is 24.1 Å². The highest BCUT2D eigenvalue weighted by atomic mass is 16.3. The third-order valence-corrected chi connectivity index (χ3v) is 2.62. The van der Waals surface area contributed by atoms with Crippen molar-refractivity contribution < 1.29 is 5.11 Å². The second-order valence-electron chi connectivity index (χ2n) is 4.18. The molecular formula is C12H20N2O. The monoisotopic (exact) mass is 208 g/mol. The van der Waals surface area contributed by atoms with Crippen molar-refractivity contribution in [2.75, 3.05) is 6.61 Å². The second-order valence-corrected chi connectivity index (χ2v) is 4.18. The Bertz CT molecular complexity index is 276. The van der Waals surface area contributed by atoms with Gasteiger partial charge in [-0.25, -0.2) is 0 Å². The zero-order valence-corrected chi connectivity index (χ0v) is 9.53. The van der Waals surface area contributed by atoms with Crippen LogP contribution in [0, 0.1) is 0 Å². The summed E-state index contributed by atoms with van der Waals surface area (Å²) in [5, 5.41) is 12.7. The van der Waals surface area contributed by atoms with Crippen LogP contribution in [0.15, 0.2) is 24.5 Å². The van der Waals surface area contributed by atoms with Crippen LogP contribution in [0.2, 0.25) is 0 Å². The summed E-state index contributed by atoms with van der Waals surface area (Å²) in [6, 6.07) is 3.97. The maximum absolute atomic E-state index is 9.32. The summed E-state index contributed by atoms with van der Waals surface area (Å²) in [4.78, 5) is 3.97. The van der Waals surface area contributed by atoms with E-state index >= 15 is 0 Å². The highest BCUT2D eigenvalue weighted by Gasteiger charge is 2.20. The molecule has 1 atom stereocenters. The van der Waals surface area contributed by atoms with Gasteiger partial charge in [-0.05, 0) is 31.0 Å². The lowest BCUT2D eigenvalue weighted by molar-refractivity contribution is 0.163. The molecule has 1 aromatic rings. The molecule has 0 aliphatic heterocycles. The zero-order chi connectivity index (χ0) is 11.1. The van der Waals surface area contributed by atoms with E-state index < -0.39 is 0 Å². The van der Waals surface area contributed by atoms with E-state index in [0.717, 1.165) is 19.4 Å². The van der Waals surface area contributed by atoms with Gasteiger partial charge in [0.15, 0.2) is 0 Å². The van der Waals surface area contributed by atoms with Gasteiger partial charge in [0.2, 0.25) is 0 Å². The highest BCUT2D eigenvalue weighted by Crippen LogP contribution is 2.12. The average molecular weight is 208 g/mol. The summed E-state index contributed by atoms with van der Waals surface area (Å²) >= 11 is 0. The Morgan fingerprint density at radius 3 is 2.60 bits per heavy atom. The Morgan fingerprint density at radius 2 is 2.07 bits per heavy atom. The SMILES string of the molecule is CCCC(C)(CO)NCc1ccncc1. The largest absolute Gasteiger partial charge is 0.394 e. The van der Waals surface area contributed by atoms with Crippen LogP contribution in [0.4, 0.5) is 0 Å². The molecule has 3 heteroatoms. The molecule has 15 heavy (non-hydrogen) atoms. The molecular weight excluding hydrogens is 188 g/mol. The van der Waals surface area contributed by atoms with Gasteiger partial charge in [-0.15, -0.1) is 0 Å². The normalized spacial score (nSPS) is 14.9. The molecule has 1 rings (SSSR count). The predicted molar refractivity (Wildman–Crippen MR) is 61.5 cm³/mol. The van der Waals surface area contributed by atoms with E-state index in [1.165, 1.54) is 5.56 Å². The van der Waals surface area contributed by atoms with Crippen LogP contribution in [0.25, 0.3) is 0 Å². The van der Waals surface area contributed by atoms with Gasteiger partial charge in [0, 0.05) is 24.5 Å². The van der Waals surface area contributed by atoms with Crippen LogP contribution < -0.4 is 5.32 Å². The van der Waals surface area contributed by atoms with Crippen molar-refractivity contribution in [3.63, 3.8) is 0 Å². The van der Waals surface area contributed by atoms with Gasteiger partial charge in [0.25, 0.3) is 0 Å². The van der Waals surface area contributed by atoms with E-state index in [4.69, 9.17) is 0 Å². The molecule has 0 bridgehead atoms. The van der Waals surface area contributed by atoms with Crippen LogP contribution in [0.5, 0.6) is 0 Å². The number of nitrogens with one attached hydrogen (secondary N) is 1.